The molecular weight excluding hydrogens is 372 g/mol. The number of benzene rings is 1. The Morgan fingerprint density at radius 1 is 1.03 bits per heavy atom. The second-order valence-corrected chi connectivity index (χ2v) is 6.85. The second kappa shape index (κ2) is 9.49. The molecule has 0 unspecified atom stereocenters. The molecule has 0 aliphatic carbocycles. The van der Waals surface area contributed by atoms with Gasteiger partial charge in [0.2, 0.25) is 0 Å². The van der Waals surface area contributed by atoms with E-state index in [1.54, 1.807) is 36.2 Å². The van der Waals surface area contributed by atoms with Crippen LogP contribution >= 0.6 is 0 Å². The van der Waals surface area contributed by atoms with Crippen molar-refractivity contribution < 1.29 is 19.1 Å². The van der Waals surface area contributed by atoms with Crippen LogP contribution in [0, 0.1) is 0 Å². The first kappa shape index (κ1) is 20.8. The molecule has 0 bridgehead atoms. The highest BCUT2D eigenvalue weighted by Crippen LogP contribution is 2.25. The predicted molar refractivity (Wildman–Crippen MR) is 108 cm³/mol. The van der Waals surface area contributed by atoms with E-state index in [-0.39, 0.29) is 5.91 Å². The molecular formula is C21H26N4O4. The highest BCUT2D eigenvalue weighted by atomic mass is 16.5. The van der Waals surface area contributed by atoms with Gasteiger partial charge in [0.1, 0.15) is 0 Å². The van der Waals surface area contributed by atoms with E-state index in [9.17, 15) is 9.59 Å². The second-order valence-electron chi connectivity index (χ2n) is 6.85. The lowest BCUT2D eigenvalue weighted by Crippen LogP contribution is -2.36. The first-order valence-electron chi connectivity index (χ1n) is 9.44. The van der Waals surface area contributed by atoms with Crippen molar-refractivity contribution in [2.24, 2.45) is 5.73 Å². The van der Waals surface area contributed by atoms with Crippen LogP contribution < -0.4 is 5.73 Å². The number of urea groups is 1. The molecule has 1 aromatic carbocycles. The number of carbonyl (C=O) groups is 2. The Morgan fingerprint density at radius 2 is 1.69 bits per heavy atom. The summed E-state index contributed by atoms with van der Waals surface area (Å²) >= 11 is 0. The van der Waals surface area contributed by atoms with Gasteiger partial charge in [-0.1, -0.05) is 18.2 Å². The zero-order chi connectivity index (χ0) is 20.8. The molecule has 29 heavy (non-hydrogen) atoms. The van der Waals surface area contributed by atoms with E-state index in [1.165, 1.54) is 0 Å². The van der Waals surface area contributed by atoms with Crippen LogP contribution in [0.3, 0.4) is 0 Å². The number of hydrogen-bond acceptors (Lipinski definition) is 5. The summed E-state index contributed by atoms with van der Waals surface area (Å²) in [6, 6.07) is 10.8. The molecule has 1 aliphatic heterocycles. The van der Waals surface area contributed by atoms with Gasteiger partial charge in [-0.3, -0.25) is 9.78 Å². The van der Waals surface area contributed by atoms with Crippen molar-refractivity contribution in [1.29, 1.82) is 0 Å². The van der Waals surface area contributed by atoms with Gasteiger partial charge in [0, 0.05) is 45.0 Å². The largest absolute Gasteiger partial charge is 0.383 e. The number of carbonyl (C=O) groups excluding carboxylic acids is 2. The van der Waals surface area contributed by atoms with Crippen LogP contribution in [0.15, 0.2) is 36.4 Å². The fourth-order valence-corrected chi connectivity index (χ4v) is 3.25. The van der Waals surface area contributed by atoms with E-state index in [4.69, 9.17) is 15.2 Å². The minimum absolute atomic E-state index is 0.0651. The van der Waals surface area contributed by atoms with Crippen LogP contribution in [0.5, 0.6) is 0 Å². The summed E-state index contributed by atoms with van der Waals surface area (Å²) in [7, 11) is 3.22. The monoisotopic (exact) mass is 398 g/mol. The Labute approximate surface area is 170 Å². The van der Waals surface area contributed by atoms with Crippen molar-refractivity contribution in [2.45, 2.75) is 13.1 Å². The Bertz CT molecular complexity index is 861. The number of pyridine rings is 1. The SMILES string of the molecule is COCCN(CCOC)C(=O)c1ccc(-c2ccc3c(n2)CN(C(N)=O)C3)cc1. The molecule has 0 spiro atoms. The lowest BCUT2D eigenvalue weighted by Gasteiger charge is -2.22. The van der Waals surface area contributed by atoms with Crippen molar-refractivity contribution in [2.75, 3.05) is 40.5 Å². The summed E-state index contributed by atoms with van der Waals surface area (Å²) in [5.74, 6) is -0.0651. The third kappa shape index (κ3) is 4.90. The topological polar surface area (TPSA) is 98.0 Å². The number of methoxy groups -OCH3 is 2. The summed E-state index contributed by atoms with van der Waals surface area (Å²) in [4.78, 5) is 32.1. The summed E-state index contributed by atoms with van der Waals surface area (Å²) in [5.41, 5.74) is 9.52. The van der Waals surface area contributed by atoms with E-state index < -0.39 is 6.03 Å². The van der Waals surface area contributed by atoms with Gasteiger partial charge >= 0.3 is 6.03 Å². The molecule has 2 N–H and O–H groups in total. The Kier molecular flexibility index (Phi) is 6.79. The number of nitrogens with two attached hydrogens (primary N) is 1. The lowest BCUT2D eigenvalue weighted by molar-refractivity contribution is 0.0627. The van der Waals surface area contributed by atoms with Crippen LogP contribution in [-0.4, -0.2) is 67.2 Å². The van der Waals surface area contributed by atoms with Gasteiger partial charge in [0.15, 0.2) is 0 Å². The number of nitrogens with zero attached hydrogens (tertiary/aromatic N) is 3. The molecule has 3 rings (SSSR count). The van der Waals surface area contributed by atoms with Crippen LogP contribution in [-0.2, 0) is 22.6 Å². The van der Waals surface area contributed by atoms with Crippen molar-refractivity contribution in [1.82, 2.24) is 14.8 Å². The number of primary amides is 1. The Balaban J connectivity index is 1.74. The van der Waals surface area contributed by atoms with E-state index in [2.05, 4.69) is 4.98 Å². The van der Waals surface area contributed by atoms with Gasteiger partial charge < -0.3 is 25.0 Å². The highest BCUT2D eigenvalue weighted by Gasteiger charge is 2.23. The van der Waals surface area contributed by atoms with Crippen LogP contribution in [0.2, 0.25) is 0 Å². The predicted octanol–water partition coefficient (Wildman–Crippen LogP) is 1.88. The van der Waals surface area contributed by atoms with Crippen molar-refractivity contribution in [3.8, 4) is 11.3 Å². The van der Waals surface area contributed by atoms with Gasteiger partial charge in [-0.15, -0.1) is 0 Å². The lowest BCUT2D eigenvalue weighted by atomic mass is 10.1. The fourth-order valence-electron chi connectivity index (χ4n) is 3.25. The minimum atomic E-state index is -0.445. The molecule has 0 saturated heterocycles. The molecule has 2 aromatic rings. The first-order chi connectivity index (χ1) is 14.0. The standard InChI is InChI=1S/C21H26N4O4/c1-28-11-9-24(10-12-29-2)20(26)16-5-3-15(4-6-16)18-8-7-17-13-25(21(22)27)14-19(17)23-18/h3-8H,9-14H2,1-2H3,(H2,22,27). The molecule has 2 heterocycles. The van der Waals surface area contributed by atoms with Crippen molar-refractivity contribution in [3.63, 3.8) is 0 Å². The summed E-state index contributed by atoms with van der Waals surface area (Å²) in [6.45, 7) is 2.85. The quantitative estimate of drug-likeness (QED) is 0.732. The average Bonchev–Trinajstić information content (AvgIpc) is 3.17. The molecule has 0 atom stereocenters. The molecule has 154 valence electrons. The van der Waals surface area contributed by atoms with Crippen molar-refractivity contribution >= 4 is 11.9 Å². The van der Waals surface area contributed by atoms with Crippen molar-refractivity contribution in [3.05, 3.63) is 53.2 Å². The summed E-state index contributed by atoms with van der Waals surface area (Å²) in [6.07, 6.45) is 0. The van der Waals surface area contributed by atoms with Crippen LogP contribution in [0.4, 0.5) is 4.79 Å². The fraction of sp³-hybridized carbons (Fsp3) is 0.381. The Morgan fingerprint density at radius 3 is 2.28 bits per heavy atom. The molecule has 1 aliphatic rings. The third-order valence-electron chi connectivity index (χ3n) is 4.93. The summed E-state index contributed by atoms with van der Waals surface area (Å²) in [5, 5.41) is 0. The van der Waals surface area contributed by atoms with Gasteiger partial charge in [0.05, 0.1) is 31.1 Å². The molecule has 8 heteroatoms. The molecule has 0 saturated carbocycles. The van der Waals surface area contributed by atoms with E-state index >= 15 is 0 Å². The number of fused-ring (bicyclic) bond motifs is 1. The minimum Gasteiger partial charge on any atom is -0.383 e. The van der Waals surface area contributed by atoms with E-state index in [1.807, 2.05) is 24.3 Å². The molecule has 1 aromatic heterocycles. The van der Waals surface area contributed by atoms with Crippen LogP contribution in [0.25, 0.3) is 11.3 Å². The van der Waals surface area contributed by atoms with E-state index in [0.29, 0.717) is 45.0 Å². The maximum atomic E-state index is 12.8. The van der Waals surface area contributed by atoms with Gasteiger partial charge in [-0.25, -0.2) is 4.79 Å². The number of hydrogen-bond donors (Lipinski definition) is 1. The normalized spacial score (nSPS) is 12.7. The molecule has 3 amide bonds. The van der Waals surface area contributed by atoms with E-state index in [0.717, 1.165) is 22.5 Å². The average molecular weight is 398 g/mol. The van der Waals surface area contributed by atoms with Crippen LogP contribution in [0.1, 0.15) is 21.6 Å². The zero-order valence-electron chi connectivity index (χ0n) is 16.8. The third-order valence-corrected chi connectivity index (χ3v) is 4.93. The summed E-state index contributed by atoms with van der Waals surface area (Å²) < 4.78 is 10.2. The Hall–Kier alpha value is -2.97. The highest BCUT2D eigenvalue weighted by molar-refractivity contribution is 5.94. The molecule has 8 nitrogen and oxygen atoms in total. The maximum absolute atomic E-state index is 12.8. The number of rotatable bonds is 8. The maximum Gasteiger partial charge on any atom is 0.315 e. The number of ether oxygens (including phenoxy) is 2. The number of aromatic nitrogens is 1. The van der Waals surface area contributed by atoms with Gasteiger partial charge in [-0.2, -0.15) is 0 Å². The zero-order valence-corrected chi connectivity index (χ0v) is 16.8. The molecule has 0 fully saturated rings. The number of amides is 3. The molecule has 0 radical (unpaired) electrons. The van der Waals surface area contributed by atoms with Gasteiger partial charge in [-0.05, 0) is 23.8 Å². The first-order valence-corrected chi connectivity index (χ1v) is 9.44. The smallest absolute Gasteiger partial charge is 0.315 e. The van der Waals surface area contributed by atoms with Gasteiger partial charge in [0.25, 0.3) is 5.91 Å².